The third-order valence-corrected chi connectivity index (χ3v) is 3.56. The van der Waals surface area contributed by atoms with Crippen LogP contribution in [0.3, 0.4) is 0 Å². The molecule has 0 radical (unpaired) electrons. The van der Waals surface area contributed by atoms with Gasteiger partial charge in [-0.2, -0.15) is 0 Å². The Morgan fingerprint density at radius 2 is 1.68 bits per heavy atom. The molecule has 0 fully saturated rings. The van der Waals surface area contributed by atoms with Crippen molar-refractivity contribution in [3.63, 3.8) is 0 Å². The van der Waals surface area contributed by atoms with E-state index in [0.717, 1.165) is 22.1 Å². The molecule has 4 nitrogen and oxygen atoms in total. The molecular formula is C18H25NO3. The molecule has 0 aliphatic rings. The average molecular weight is 303 g/mol. The normalized spacial score (nSPS) is 14.3. The Hall–Kier alpha value is -1.62. The highest BCUT2D eigenvalue weighted by Gasteiger charge is 2.12. The van der Waals surface area contributed by atoms with Gasteiger partial charge in [-0.3, -0.25) is 0 Å². The van der Waals surface area contributed by atoms with Crippen molar-refractivity contribution in [2.75, 3.05) is 13.2 Å². The van der Waals surface area contributed by atoms with Crippen LogP contribution in [0.2, 0.25) is 0 Å². The number of hydrogen-bond donors (Lipinski definition) is 3. The van der Waals surface area contributed by atoms with Crippen LogP contribution in [-0.4, -0.2) is 35.5 Å². The van der Waals surface area contributed by atoms with Crippen LogP contribution in [0.25, 0.3) is 10.8 Å². The van der Waals surface area contributed by atoms with E-state index in [1.165, 1.54) is 0 Å². The van der Waals surface area contributed by atoms with E-state index >= 15 is 0 Å². The molecule has 3 N–H and O–H groups in total. The van der Waals surface area contributed by atoms with Crippen molar-refractivity contribution in [1.29, 1.82) is 0 Å². The van der Waals surface area contributed by atoms with Crippen LogP contribution in [-0.2, 0) is 0 Å². The summed E-state index contributed by atoms with van der Waals surface area (Å²) >= 11 is 0. The Morgan fingerprint density at radius 3 is 2.32 bits per heavy atom. The molecule has 4 heteroatoms. The fourth-order valence-corrected chi connectivity index (χ4v) is 2.40. The fraction of sp³-hybridized carbons (Fsp3) is 0.444. The van der Waals surface area contributed by atoms with Gasteiger partial charge in [-0.25, -0.2) is 0 Å². The first-order valence-corrected chi connectivity index (χ1v) is 7.73. The zero-order valence-corrected chi connectivity index (χ0v) is 13.4. The fourth-order valence-electron chi connectivity index (χ4n) is 2.40. The van der Waals surface area contributed by atoms with Crippen LogP contribution in [0.15, 0.2) is 36.4 Å². The van der Waals surface area contributed by atoms with Crippen LogP contribution >= 0.6 is 0 Å². The summed E-state index contributed by atoms with van der Waals surface area (Å²) in [4.78, 5) is 0. The maximum absolute atomic E-state index is 9.95. The summed E-state index contributed by atoms with van der Waals surface area (Å²) in [7, 11) is 0. The lowest BCUT2D eigenvalue weighted by atomic mass is 10.0. The number of fused-ring (bicyclic) bond motifs is 1. The monoisotopic (exact) mass is 303 g/mol. The van der Waals surface area contributed by atoms with Crippen molar-refractivity contribution in [3.8, 4) is 5.75 Å². The van der Waals surface area contributed by atoms with E-state index in [-0.39, 0.29) is 6.61 Å². The van der Waals surface area contributed by atoms with Gasteiger partial charge in [0.05, 0.1) is 6.10 Å². The molecular weight excluding hydrogens is 278 g/mol. The predicted molar refractivity (Wildman–Crippen MR) is 89.2 cm³/mol. The Kier molecular flexibility index (Phi) is 5.77. The molecule has 2 atom stereocenters. The van der Waals surface area contributed by atoms with Crippen molar-refractivity contribution in [3.05, 3.63) is 42.0 Å². The molecule has 0 heterocycles. The van der Waals surface area contributed by atoms with Crippen LogP contribution in [0.1, 0.15) is 32.4 Å². The quantitative estimate of drug-likeness (QED) is 0.736. The molecule has 2 aromatic rings. The molecule has 0 saturated carbocycles. The van der Waals surface area contributed by atoms with Crippen LogP contribution in [0.5, 0.6) is 5.75 Å². The molecule has 0 aliphatic heterocycles. The van der Waals surface area contributed by atoms with Crippen molar-refractivity contribution < 1.29 is 14.9 Å². The second kappa shape index (κ2) is 7.58. The zero-order valence-electron chi connectivity index (χ0n) is 13.4. The van der Waals surface area contributed by atoms with E-state index in [1.807, 2.05) is 50.2 Å². The summed E-state index contributed by atoms with van der Waals surface area (Å²) < 4.78 is 5.78. The maximum atomic E-state index is 9.95. The van der Waals surface area contributed by atoms with Crippen LogP contribution in [0, 0.1) is 0 Å². The van der Waals surface area contributed by atoms with Gasteiger partial charge >= 0.3 is 0 Å². The smallest absolute Gasteiger partial charge is 0.127 e. The average Bonchev–Trinajstić information content (AvgIpc) is 2.50. The second-order valence-corrected chi connectivity index (χ2v) is 5.90. The van der Waals surface area contributed by atoms with Crippen molar-refractivity contribution in [2.45, 2.75) is 39.0 Å². The van der Waals surface area contributed by atoms with Crippen LogP contribution in [0.4, 0.5) is 0 Å². The third kappa shape index (κ3) is 4.19. The van der Waals surface area contributed by atoms with Gasteiger partial charge in [0.2, 0.25) is 0 Å². The topological polar surface area (TPSA) is 61.7 Å². The van der Waals surface area contributed by atoms with E-state index in [0.29, 0.717) is 12.6 Å². The summed E-state index contributed by atoms with van der Waals surface area (Å²) in [5.74, 6) is 0.726. The number of rotatable bonds is 7. The first kappa shape index (κ1) is 16.7. The molecule has 0 bridgehead atoms. The lowest BCUT2D eigenvalue weighted by molar-refractivity contribution is 0.105. The highest BCUT2D eigenvalue weighted by Crippen LogP contribution is 2.31. The van der Waals surface area contributed by atoms with Crippen molar-refractivity contribution in [1.82, 2.24) is 5.32 Å². The zero-order chi connectivity index (χ0) is 16.1. The van der Waals surface area contributed by atoms with Gasteiger partial charge in [-0.15, -0.1) is 0 Å². The second-order valence-electron chi connectivity index (χ2n) is 5.90. The molecule has 0 aliphatic carbocycles. The molecule has 0 unspecified atom stereocenters. The molecule has 0 saturated heterocycles. The number of benzene rings is 2. The minimum atomic E-state index is -0.558. The van der Waals surface area contributed by atoms with Crippen molar-refractivity contribution >= 4 is 10.8 Å². The Bertz CT molecular complexity index is 610. The van der Waals surface area contributed by atoms with Gasteiger partial charge in [-0.1, -0.05) is 44.2 Å². The van der Waals surface area contributed by atoms with Gasteiger partial charge in [-0.05, 0) is 23.9 Å². The van der Waals surface area contributed by atoms with Gasteiger partial charge in [0.15, 0.2) is 0 Å². The van der Waals surface area contributed by atoms with E-state index < -0.39 is 12.2 Å². The molecule has 0 spiro atoms. The summed E-state index contributed by atoms with van der Waals surface area (Å²) in [6, 6.07) is 11.9. The van der Waals surface area contributed by atoms with E-state index in [2.05, 4.69) is 5.32 Å². The first-order chi connectivity index (χ1) is 10.5. The molecule has 2 rings (SSSR count). The largest absolute Gasteiger partial charge is 0.490 e. The summed E-state index contributed by atoms with van der Waals surface area (Å²) in [5.41, 5.74) is 0.880. The predicted octanol–water partition coefficient (Wildman–Crippen LogP) is 2.63. The summed E-state index contributed by atoms with van der Waals surface area (Å²) in [6.45, 7) is 6.56. The molecule has 2 aromatic carbocycles. The Labute approximate surface area is 131 Å². The third-order valence-electron chi connectivity index (χ3n) is 3.56. The Morgan fingerprint density at radius 1 is 1.00 bits per heavy atom. The highest BCUT2D eigenvalue weighted by atomic mass is 16.5. The maximum Gasteiger partial charge on any atom is 0.127 e. The van der Waals surface area contributed by atoms with Gasteiger partial charge in [0, 0.05) is 18.0 Å². The lowest BCUT2D eigenvalue weighted by Crippen LogP contribution is -2.35. The van der Waals surface area contributed by atoms with Crippen LogP contribution < -0.4 is 10.1 Å². The molecule has 0 amide bonds. The highest BCUT2D eigenvalue weighted by molar-refractivity contribution is 5.91. The SMILES string of the molecule is CC(C)NC[C@H](O)COc1ccc([C@@H](C)O)c2ccccc12. The number of aliphatic hydroxyl groups excluding tert-OH is 2. The number of nitrogens with one attached hydrogen (secondary N) is 1. The molecule has 0 aromatic heterocycles. The number of aliphatic hydroxyl groups is 2. The van der Waals surface area contributed by atoms with Crippen molar-refractivity contribution in [2.24, 2.45) is 0 Å². The van der Waals surface area contributed by atoms with Gasteiger partial charge < -0.3 is 20.3 Å². The van der Waals surface area contributed by atoms with E-state index in [1.54, 1.807) is 6.92 Å². The summed E-state index contributed by atoms with van der Waals surface area (Å²) in [5, 5.41) is 24.9. The first-order valence-electron chi connectivity index (χ1n) is 7.73. The summed E-state index contributed by atoms with van der Waals surface area (Å²) in [6.07, 6.45) is -1.09. The van der Waals surface area contributed by atoms with E-state index in [4.69, 9.17) is 4.74 Å². The number of hydrogen-bond acceptors (Lipinski definition) is 4. The van der Waals surface area contributed by atoms with E-state index in [9.17, 15) is 10.2 Å². The number of ether oxygens (including phenoxy) is 1. The van der Waals surface area contributed by atoms with Gasteiger partial charge in [0.1, 0.15) is 18.5 Å². The Balaban J connectivity index is 2.14. The standard InChI is InChI=1S/C18H25NO3/c1-12(2)19-10-14(21)11-22-18-9-8-15(13(3)20)16-6-4-5-7-17(16)18/h4-9,12-14,19-21H,10-11H2,1-3H3/t13-,14+/m1/s1. The lowest BCUT2D eigenvalue weighted by Gasteiger charge is -2.17. The van der Waals surface area contributed by atoms with Gasteiger partial charge in [0.25, 0.3) is 0 Å². The molecule has 22 heavy (non-hydrogen) atoms. The minimum absolute atomic E-state index is 0.234. The minimum Gasteiger partial charge on any atom is -0.490 e. The molecule has 120 valence electrons.